The highest BCUT2D eigenvalue weighted by molar-refractivity contribution is 6.31. The molecule has 1 amide bonds. The molecule has 8 heteroatoms. The Balaban J connectivity index is 1.78. The molecule has 0 saturated heterocycles. The van der Waals surface area contributed by atoms with Gasteiger partial charge in [0.05, 0.1) is 12.7 Å². The molecular formula is C25H18Cl2N2O4. The van der Waals surface area contributed by atoms with E-state index in [2.05, 4.69) is 10.1 Å². The Labute approximate surface area is 201 Å². The number of carbonyl (C=O) groups is 2. The Hall–Kier alpha value is -3.79. The average Bonchev–Trinajstić information content (AvgIpc) is 2.82. The number of benzene rings is 3. The third kappa shape index (κ3) is 6.59. The van der Waals surface area contributed by atoms with Crippen LogP contribution in [0.5, 0.6) is 5.75 Å². The quantitative estimate of drug-likeness (QED) is 0.258. The van der Waals surface area contributed by atoms with Gasteiger partial charge in [0, 0.05) is 21.3 Å². The molecule has 0 unspecified atom stereocenters. The van der Waals surface area contributed by atoms with Gasteiger partial charge in [0.15, 0.2) is 0 Å². The average molecular weight is 481 g/mol. The summed E-state index contributed by atoms with van der Waals surface area (Å²) in [6.07, 6.45) is 1.40. The molecule has 0 heterocycles. The largest absolute Gasteiger partial charge is 0.488 e. The molecule has 1 N–H and O–H groups in total. The first kappa shape index (κ1) is 23.9. The van der Waals surface area contributed by atoms with Crippen LogP contribution in [0.2, 0.25) is 10.0 Å². The summed E-state index contributed by atoms with van der Waals surface area (Å²) in [6.45, 7) is 0.264. The Bertz CT molecular complexity index is 1230. The smallest absolute Gasteiger partial charge is 0.337 e. The molecule has 0 radical (unpaired) electrons. The zero-order valence-electron chi connectivity index (χ0n) is 17.5. The summed E-state index contributed by atoms with van der Waals surface area (Å²) in [5.41, 5.74) is 1.99. The summed E-state index contributed by atoms with van der Waals surface area (Å²) in [7, 11) is 1.28. The summed E-state index contributed by atoms with van der Waals surface area (Å²) in [4.78, 5) is 24.2. The maximum Gasteiger partial charge on any atom is 0.337 e. The number of methoxy groups -OCH3 is 1. The number of rotatable bonds is 7. The summed E-state index contributed by atoms with van der Waals surface area (Å²) in [6, 6.07) is 20.1. The lowest BCUT2D eigenvalue weighted by Gasteiger charge is -2.11. The van der Waals surface area contributed by atoms with E-state index in [-0.39, 0.29) is 12.2 Å². The van der Waals surface area contributed by atoms with Crippen LogP contribution in [-0.4, -0.2) is 19.0 Å². The van der Waals surface area contributed by atoms with Crippen molar-refractivity contribution in [3.05, 3.63) is 99.0 Å². The van der Waals surface area contributed by atoms with Gasteiger partial charge in [-0.05, 0) is 66.2 Å². The zero-order chi connectivity index (χ0) is 23.8. The van der Waals surface area contributed by atoms with Gasteiger partial charge in [-0.3, -0.25) is 4.79 Å². The first-order valence-corrected chi connectivity index (χ1v) is 10.4. The number of carbonyl (C=O) groups excluding carboxylic acids is 2. The van der Waals surface area contributed by atoms with E-state index in [4.69, 9.17) is 27.9 Å². The zero-order valence-corrected chi connectivity index (χ0v) is 19.0. The van der Waals surface area contributed by atoms with Gasteiger partial charge in [0.1, 0.15) is 24.0 Å². The Kier molecular flexibility index (Phi) is 8.09. The first-order valence-electron chi connectivity index (χ1n) is 9.68. The number of nitrogens with zero attached hydrogens (tertiary/aromatic N) is 1. The number of nitrogens with one attached hydrogen (secondary N) is 1. The lowest BCUT2D eigenvalue weighted by Crippen LogP contribution is -2.13. The topological polar surface area (TPSA) is 88.4 Å². The predicted molar refractivity (Wildman–Crippen MR) is 127 cm³/mol. The van der Waals surface area contributed by atoms with E-state index in [9.17, 15) is 14.9 Å². The van der Waals surface area contributed by atoms with Crippen molar-refractivity contribution in [3.8, 4) is 11.8 Å². The number of hydrogen-bond donors (Lipinski definition) is 1. The number of halogens is 2. The van der Waals surface area contributed by atoms with Gasteiger partial charge in [0.25, 0.3) is 5.91 Å². The summed E-state index contributed by atoms with van der Waals surface area (Å²) >= 11 is 12.0. The second-order valence-corrected chi connectivity index (χ2v) is 7.66. The van der Waals surface area contributed by atoms with Gasteiger partial charge in [-0.1, -0.05) is 35.3 Å². The van der Waals surface area contributed by atoms with Crippen molar-refractivity contribution in [3.63, 3.8) is 0 Å². The number of ether oxygens (including phenoxy) is 2. The molecule has 3 aromatic rings. The Morgan fingerprint density at radius 2 is 1.67 bits per heavy atom. The van der Waals surface area contributed by atoms with Gasteiger partial charge in [-0.2, -0.15) is 5.26 Å². The van der Waals surface area contributed by atoms with Crippen molar-refractivity contribution in [1.82, 2.24) is 0 Å². The van der Waals surface area contributed by atoms with Crippen molar-refractivity contribution in [1.29, 1.82) is 5.26 Å². The number of esters is 1. The Morgan fingerprint density at radius 3 is 2.30 bits per heavy atom. The molecular weight excluding hydrogens is 463 g/mol. The predicted octanol–water partition coefficient (Wildman–Crippen LogP) is 5.90. The normalized spacial score (nSPS) is 10.8. The van der Waals surface area contributed by atoms with Gasteiger partial charge in [-0.15, -0.1) is 0 Å². The third-order valence-corrected chi connectivity index (χ3v) is 5.00. The molecule has 0 spiro atoms. The second kappa shape index (κ2) is 11.2. The minimum atomic E-state index is -0.619. The van der Waals surface area contributed by atoms with Crippen molar-refractivity contribution in [2.75, 3.05) is 12.4 Å². The van der Waals surface area contributed by atoms with Crippen LogP contribution in [0.3, 0.4) is 0 Å². The van der Waals surface area contributed by atoms with E-state index >= 15 is 0 Å². The molecule has 0 aliphatic rings. The fourth-order valence-electron chi connectivity index (χ4n) is 2.82. The van der Waals surface area contributed by atoms with E-state index in [1.54, 1.807) is 42.5 Å². The highest BCUT2D eigenvalue weighted by Gasteiger charge is 2.13. The molecule has 6 nitrogen and oxygen atoms in total. The Morgan fingerprint density at radius 1 is 1.00 bits per heavy atom. The molecule has 0 saturated carbocycles. The van der Waals surface area contributed by atoms with Gasteiger partial charge in [0.2, 0.25) is 0 Å². The molecule has 0 fully saturated rings. The van der Waals surface area contributed by atoms with E-state index < -0.39 is 11.9 Å². The monoisotopic (exact) mass is 480 g/mol. The molecule has 0 bridgehead atoms. The standard InChI is InChI=1S/C25H18Cl2N2O4/c1-32-25(31)17-4-9-22(10-5-17)29-24(30)19(14-28)12-18-13-21(27)8-11-23(18)33-15-16-2-6-20(26)7-3-16/h2-13H,15H2,1H3,(H,29,30)/b19-12+. The second-order valence-electron chi connectivity index (χ2n) is 6.79. The van der Waals surface area contributed by atoms with E-state index in [0.29, 0.717) is 32.6 Å². The minimum absolute atomic E-state index is 0.148. The van der Waals surface area contributed by atoms with Gasteiger partial charge >= 0.3 is 5.97 Å². The minimum Gasteiger partial charge on any atom is -0.488 e. The van der Waals surface area contributed by atoms with E-state index in [0.717, 1.165) is 5.56 Å². The molecule has 0 atom stereocenters. The summed E-state index contributed by atoms with van der Waals surface area (Å²) < 4.78 is 10.5. The highest BCUT2D eigenvalue weighted by atomic mass is 35.5. The molecule has 33 heavy (non-hydrogen) atoms. The lowest BCUT2D eigenvalue weighted by atomic mass is 10.1. The fraction of sp³-hybridized carbons (Fsp3) is 0.0800. The van der Waals surface area contributed by atoms with Crippen LogP contribution >= 0.6 is 23.2 Å². The maximum atomic E-state index is 12.7. The van der Waals surface area contributed by atoms with Crippen molar-refractivity contribution in [2.45, 2.75) is 6.61 Å². The molecule has 0 aliphatic heterocycles. The van der Waals surface area contributed by atoms with Crippen molar-refractivity contribution in [2.24, 2.45) is 0 Å². The van der Waals surface area contributed by atoms with Gasteiger partial charge < -0.3 is 14.8 Å². The van der Waals surface area contributed by atoms with Crippen LogP contribution in [0.1, 0.15) is 21.5 Å². The van der Waals surface area contributed by atoms with Crippen LogP contribution < -0.4 is 10.1 Å². The van der Waals surface area contributed by atoms with E-state index in [1.165, 1.54) is 25.3 Å². The SMILES string of the molecule is COC(=O)c1ccc(NC(=O)/C(C#N)=C/c2cc(Cl)ccc2OCc2ccc(Cl)cc2)cc1. The molecule has 3 aromatic carbocycles. The maximum absolute atomic E-state index is 12.7. The molecule has 166 valence electrons. The fourth-order valence-corrected chi connectivity index (χ4v) is 3.12. The van der Waals surface area contributed by atoms with Gasteiger partial charge in [-0.25, -0.2) is 4.79 Å². The molecule has 3 rings (SSSR count). The number of amides is 1. The molecule has 0 aliphatic carbocycles. The third-order valence-electron chi connectivity index (χ3n) is 4.51. The van der Waals surface area contributed by atoms with Crippen LogP contribution in [0.4, 0.5) is 5.69 Å². The number of nitriles is 1. The van der Waals surface area contributed by atoms with Crippen LogP contribution in [0.15, 0.2) is 72.3 Å². The van der Waals surface area contributed by atoms with Crippen LogP contribution in [0, 0.1) is 11.3 Å². The number of anilines is 1. The van der Waals surface area contributed by atoms with Crippen molar-refractivity contribution < 1.29 is 19.1 Å². The summed E-state index contributed by atoms with van der Waals surface area (Å²) in [5, 5.41) is 13.2. The van der Waals surface area contributed by atoms with E-state index in [1.807, 2.05) is 18.2 Å². The molecule has 0 aromatic heterocycles. The first-order chi connectivity index (χ1) is 15.9. The summed E-state index contributed by atoms with van der Waals surface area (Å²) in [5.74, 6) is -0.651. The van der Waals surface area contributed by atoms with Crippen LogP contribution in [0.25, 0.3) is 6.08 Å². The lowest BCUT2D eigenvalue weighted by molar-refractivity contribution is -0.112. The van der Waals surface area contributed by atoms with Crippen molar-refractivity contribution >= 4 is 46.8 Å². The van der Waals surface area contributed by atoms with Crippen LogP contribution in [-0.2, 0) is 16.1 Å². The highest BCUT2D eigenvalue weighted by Crippen LogP contribution is 2.27. The number of hydrogen-bond acceptors (Lipinski definition) is 5.